The van der Waals surface area contributed by atoms with Gasteiger partial charge in [-0.1, -0.05) is 0 Å². The number of allylic oxidation sites excluding steroid dienone is 1. The Labute approximate surface area is 127 Å². The Morgan fingerprint density at radius 3 is 1.42 bits per heavy atom. The Morgan fingerprint density at radius 2 is 1.05 bits per heavy atom. The average Bonchev–Trinajstić information content (AvgIpc) is 2.44. The topological polar surface area (TPSA) is 0 Å². The van der Waals surface area contributed by atoms with Gasteiger partial charge in [0.25, 0.3) is 0 Å². The van der Waals surface area contributed by atoms with Gasteiger partial charge >= 0.3 is 127 Å². The van der Waals surface area contributed by atoms with Crippen molar-refractivity contribution in [2.24, 2.45) is 0 Å². The Kier molecular flexibility index (Phi) is 13.9. The molecule has 0 saturated heterocycles. The van der Waals surface area contributed by atoms with Crippen LogP contribution in [0.2, 0.25) is 13.3 Å². The van der Waals surface area contributed by atoms with Crippen LogP contribution in [0.25, 0.3) is 0 Å². The molecule has 0 N–H and O–H groups in total. The Balaban J connectivity index is 4.60. The number of hydrogen-bond donors (Lipinski definition) is 0. The molecule has 0 atom stereocenters. The van der Waals surface area contributed by atoms with Crippen LogP contribution in [0.4, 0.5) is 0 Å². The van der Waals surface area contributed by atoms with Crippen LogP contribution in [0.1, 0.15) is 85.5 Å². The quantitative estimate of drug-likeness (QED) is 0.238. The average molecular weight is 373 g/mol. The van der Waals surface area contributed by atoms with E-state index in [1.54, 1.807) is 13.3 Å². The summed E-state index contributed by atoms with van der Waals surface area (Å²) in [5, 5.41) is 0. The maximum absolute atomic E-state index is 2.82. The number of hydrogen-bond acceptors (Lipinski definition) is 0. The van der Waals surface area contributed by atoms with Crippen molar-refractivity contribution in [3.8, 4) is 0 Å². The predicted octanol–water partition coefficient (Wildman–Crippen LogP) is 7.12. The van der Waals surface area contributed by atoms with Crippen molar-refractivity contribution >= 4 is 18.4 Å². The molecule has 0 aromatic carbocycles. The van der Waals surface area contributed by atoms with Gasteiger partial charge in [-0.2, -0.15) is 0 Å². The summed E-state index contributed by atoms with van der Waals surface area (Å²) in [4.78, 5) is 0. The van der Waals surface area contributed by atoms with Gasteiger partial charge in [0.1, 0.15) is 0 Å². The van der Waals surface area contributed by atoms with Crippen LogP contribution in [-0.2, 0) is 0 Å². The van der Waals surface area contributed by atoms with E-state index < -0.39 is 18.4 Å². The molecule has 0 aliphatic heterocycles. The van der Waals surface area contributed by atoms with Crippen molar-refractivity contribution in [2.45, 2.75) is 98.8 Å². The Hall–Kier alpha value is 0.539. The molecule has 0 aliphatic rings. The van der Waals surface area contributed by atoms with Crippen molar-refractivity contribution in [1.82, 2.24) is 0 Å². The molecule has 0 saturated carbocycles. The van der Waals surface area contributed by atoms with Crippen LogP contribution in [0.3, 0.4) is 0 Å². The second-order valence-corrected chi connectivity index (χ2v) is 19.2. The minimum absolute atomic E-state index is 1.33. The van der Waals surface area contributed by atoms with Crippen molar-refractivity contribution in [3.05, 3.63) is 10.2 Å². The standard InChI is InChI=1S/C6H11.3C4H9.Sn/c1-3-5-6-4-2;3*1-3-4-2;/h1,3H,4-6H2,2H3;3*1,3-4H2,2H3;. The third kappa shape index (κ3) is 9.98. The summed E-state index contributed by atoms with van der Waals surface area (Å²) in [6.45, 7) is 9.38. The molecule has 0 bridgehead atoms. The van der Waals surface area contributed by atoms with Crippen molar-refractivity contribution < 1.29 is 0 Å². The summed E-state index contributed by atoms with van der Waals surface area (Å²) in [6, 6.07) is 0. The van der Waals surface area contributed by atoms with Crippen LogP contribution >= 0.6 is 0 Å². The number of rotatable bonds is 13. The number of unbranched alkanes of at least 4 members (excludes halogenated alkanes) is 5. The molecule has 0 aromatic rings. The van der Waals surface area contributed by atoms with Gasteiger partial charge < -0.3 is 0 Å². The van der Waals surface area contributed by atoms with E-state index in [2.05, 4.69) is 37.9 Å². The molecule has 1 heteroatoms. The molecule has 0 fully saturated rings. The van der Waals surface area contributed by atoms with Crippen LogP contribution in [0.5, 0.6) is 0 Å². The van der Waals surface area contributed by atoms with Gasteiger partial charge in [-0.25, -0.2) is 0 Å². The van der Waals surface area contributed by atoms with Crippen molar-refractivity contribution in [2.75, 3.05) is 0 Å². The molecule has 0 aliphatic carbocycles. The molecule has 19 heavy (non-hydrogen) atoms. The van der Waals surface area contributed by atoms with Crippen LogP contribution < -0.4 is 0 Å². The molecule has 0 spiro atoms. The van der Waals surface area contributed by atoms with Gasteiger partial charge in [0.05, 0.1) is 0 Å². The van der Waals surface area contributed by atoms with Crippen molar-refractivity contribution in [3.63, 3.8) is 0 Å². The van der Waals surface area contributed by atoms with E-state index >= 15 is 0 Å². The second kappa shape index (κ2) is 13.5. The fourth-order valence-corrected chi connectivity index (χ4v) is 17.4. The summed E-state index contributed by atoms with van der Waals surface area (Å²) < 4.78 is 7.68. The first-order chi connectivity index (χ1) is 9.24. The predicted molar refractivity (Wildman–Crippen MR) is 93.6 cm³/mol. The zero-order valence-corrected chi connectivity index (χ0v) is 17.0. The third-order valence-electron chi connectivity index (χ3n) is 4.28. The molecule has 0 nitrogen and oxygen atoms in total. The SMILES string of the molecule is CCCCC=[CH][Sn]([CH2]CCC)([CH2]CCC)[CH2]CCC. The molecular formula is C18H38Sn. The first-order valence-electron chi connectivity index (χ1n) is 8.92. The van der Waals surface area contributed by atoms with Gasteiger partial charge in [0.15, 0.2) is 0 Å². The van der Waals surface area contributed by atoms with Crippen molar-refractivity contribution in [1.29, 1.82) is 0 Å². The summed E-state index contributed by atoms with van der Waals surface area (Å²) in [7, 11) is 0. The van der Waals surface area contributed by atoms with E-state index in [-0.39, 0.29) is 0 Å². The molecular weight excluding hydrogens is 335 g/mol. The molecule has 0 radical (unpaired) electrons. The minimum atomic E-state index is -1.91. The molecule has 0 heterocycles. The van der Waals surface area contributed by atoms with E-state index in [1.807, 2.05) is 0 Å². The zero-order valence-electron chi connectivity index (χ0n) is 14.1. The van der Waals surface area contributed by atoms with Gasteiger partial charge in [0.2, 0.25) is 0 Å². The summed E-state index contributed by atoms with van der Waals surface area (Å²) in [5.41, 5.74) is 0. The van der Waals surface area contributed by atoms with E-state index in [0.717, 1.165) is 0 Å². The van der Waals surface area contributed by atoms with E-state index in [9.17, 15) is 0 Å². The summed E-state index contributed by atoms with van der Waals surface area (Å²) in [6.07, 6.45) is 15.3. The molecule has 0 unspecified atom stereocenters. The molecule has 0 rings (SSSR count). The Bertz CT molecular complexity index is 186. The van der Waals surface area contributed by atoms with E-state index in [4.69, 9.17) is 0 Å². The summed E-state index contributed by atoms with van der Waals surface area (Å²) >= 11 is -1.91. The Morgan fingerprint density at radius 1 is 0.632 bits per heavy atom. The van der Waals surface area contributed by atoms with Gasteiger partial charge in [0, 0.05) is 0 Å². The van der Waals surface area contributed by atoms with Gasteiger partial charge in [-0.05, 0) is 0 Å². The van der Waals surface area contributed by atoms with Crippen LogP contribution in [-0.4, -0.2) is 18.4 Å². The van der Waals surface area contributed by atoms with Gasteiger partial charge in [-0.3, -0.25) is 0 Å². The van der Waals surface area contributed by atoms with Crippen LogP contribution in [0, 0.1) is 0 Å². The fraction of sp³-hybridized carbons (Fsp3) is 0.889. The summed E-state index contributed by atoms with van der Waals surface area (Å²) in [5.74, 6) is 0. The van der Waals surface area contributed by atoms with E-state index in [1.165, 1.54) is 57.8 Å². The molecule has 0 aromatic heterocycles. The van der Waals surface area contributed by atoms with Gasteiger partial charge in [-0.15, -0.1) is 0 Å². The van der Waals surface area contributed by atoms with E-state index in [0.29, 0.717) is 0 Å². The normalized spacial score (nSPS) is 12.4. The first-order valence-corrected chi connectivity index (χ1v) is 16.6. The molecule has 114 valence electrons. The van der Waals surface area contributed by atoms with Crippen LogP contribution in [0.15, 0.2) is 10.2 Å². The maximum atomic E-state index is 2.82. The fourth-order valence-electron chi connectivity index (χ4n) is 2.87. The monoisotopic (exact) mass is 374 g/mol. The third-order valence-corrected chi connectivity index (χ3v) is 18.5. The first kappa shape index (κ1) is 19.5. The zero-order chi connectivity index (χ0) is 14.4. The molecule has 0 amide bonds. The second-order valence-electron chi connectivity index (χ2n) is 6.22.